The summed E-state index contributed by atoms with van der Waals surface area (Å²) in [5, 5.41) is 9.77. The van der Waals surface area contributed by atoms with Crippen LogP contribution in [0.2, 0.25) is 18.1 Å². The second-order valence-corrected chi connectivity index (χ2v) is 18.4. The Kier molecular flexibility index (Phi) is 14.9. The third-order valence-electron chi connectivity index (χ3n) is 8.33. The number of hydrogen-bond donors (Lipinski definition) is 1. The fourth-order valence-corrected chi connectivity index (χ4v) is 6.48. The van der Waals surface area contributed by atoms with Gasteiger partial charge in [0, 0.05) is 28.3 Å². The summed E-state index contributed by atoms with van der Waals surface area (Å²) in [4.78, 5) is 33.6. The molecule has 9 nitrogen and oxygen atoms in total. The highest BCUT2D eigenvalue weighted by Gasteiger charge is 2.41. The highest BCUT2D eigenvalue weighted by molar-refractivity contribution is 7.09. The zero-order valence-electron chi connectivity index (χ0n) is 26.6. The standard InChI is InChI=1S/C29H53N5O4SSi/c1-12-14-15-21(33-34-30)16-22(20(5)13-2)26(35)31-23(19(3)4)17-25(38-40(10,11)29(6,7)8)27-32-24(18-39-27)28(36)37-9/h18-23,25H,12-17H2,1-11H3,(H,31,35). The summed E-state index contributed by atoms with van der Waals surface area (Å²) in [7, 11) is -0.872. The Morgan fingerprint density at radius 1 is 1.20 bits per heavy atom. The number of ether oxygens (including phenoxy) is 1. The monoisotopic (exact) mass is 595 g/mol. The van der Waals surface area contributed by atoms with E-state index in [9.17, 15) is 9.59 Å². The number of unbranched alkanes of at least 4 members (excludes halogenated alkanes) is 1. The summed E-state index contributed by atoms with van der Waals surface area (Å²) in [5.74, 6) is -0.463. The topological polar surface area (TPSA) is 126 Å². The highest BCUT2D eigenvalue weighted by atomic mass is 32.1. The molecule has 228 valence electrons. The van der Waals surface area contributed by atoms with Gasteiger partial charge >= 0.3 is 5.97 Å². The second-order valence-electron chi connectivity index (χ2n) is 12.8. The minimum absolute atomic E-state index is 0.0110. The van der Waals surface area contributed by atoms with Crippen LogP contribution in [-0.4, -0.2) is 44.4 Å². The second kappa shape index (κ2) is 16.5. The van der Waals surface area contributed by atoms with Gasteiger partial charge in [0.1, 0.15) is 5.01 Å². The summed E-state index contributed by atoms with van der Waals surface area (Å²) >= 11 is 1.39. The number of thiazole rings is 1. The number of nitrogens with one attached hydrogen (secondary N) is 1. The predicted molar refractivity (Wildman–Crippen MR) is 166 cm³/mol. The van der Waals surface area contributed by atoms with Crippen molar-refractivity contribution in [3.05, 3.63) is 26.5 Å². The quantitative estimate of drug-likeness (QED) is 0.0635. The Balaban J connectivity index is 3.32. The highest BCUT2D eigenvalue weighted by Crippen LogP contribution is 2.42. The van der Waals surface area contributed by atoms with Crippen LogP contribution in [0.4, 0.5) is 0 Å². The van der Waals surface area contributed by atoms with Crippen LogP contribution in [0.1, 0.15) is 116 Å². The van der Waals surface area contributed by atoms with E-state index >= 15 is 0 Å². The van der Waals surface area contributed by atoms with Gasteiger partial charge < -0.3 is 14.5 Å². The van der Waals surface area contributed by atoms with Crippen molar-refractivity contribution in [2.75, 3.05) is 7.11 Å². The maximum Gasteiger partial charge on any atom is 0.357 e. The van der Waals surface area contributed by atoms with Crippen LogP contribution in [0.5, 0.6) is 0 Å². The molecule has 0 aliphatic heterocycles. The molecule has 11 heteroatoms. The number of nitrogens with zero attached hydrogens (tertiary/aromatic N) is 4. The van der Waals surface area contributed by atoms with Crippen molar-refractivity contribution < 1.29 is 18.8 Å². The molecule has 0 aliphatic carbocycles. The number of carbonyl (C=O) groups is 2. The van der Waals surface area contributed by atoms with Gasteiger partial charge in [0.2, 0.25) is 5.91 Å². The zero-order chi connectivity index (χ0) is 30.7. The molecular weight excluding hydrogens is 543 g/mol. The molecule has 0 aromatic carbocycles. The number of esters is 1. The SMILES string of the molecule is CCCCC(CC(C(=O)NC(CC(O[Si](C)(C)C(C)(C)C)c1nc(C(=O)OC)cs1)C(C)C)C(C)CC)N=[N+]=[N-]. The number of rotatable bonds is 17. The van der Waals surface area contributed by atoms with Gasteiger partial charge in [-0.15, -0.1) is 11.3 Å². The summed E-state index contributed by atoms with van der Waals surface area (Å²) in [6.07, 6.45) is 4.30. The molecule has 0 fully saturated rings. The fourth-order valence-electron chi connectivity index (χ4n) is 4.29. The number of hydrogen-bond acceptors (Lipinski definition) is 7. The third kappa shape index (κ3) is 10.8. The van der Waals surface area contributed by atoms with Crippen LogP contribution in [0.25, 0.3) is 10.4 Å². The fraction of sp³-hybridized carbons (Fsp3) is 0.828. The van der Waals surface area contributed by atoms with E-state index in [4.69, 9.17) is 14.7 Å². The molecule has 1 N–H and O–H groups in total. The van der Waals surface area contributed by atoms with Gasteiger partial charge in [-0.2, -0.15) is 0 Å². The molecule has 1 heterocycles. The molecule has 0 aliphatic rings. The minimum atomic E-state index is -2.22. The van der Waals surface area contributed by atoms with E-state index in [0.717, 1.165) is 25.7 Å². The maximum absolute atomic E-state index is 13.8. The Morgan fingerprint density at radius 3 is 2.35 bits per heavy atom. The van der Waals surface area contributed by atoms with Crippen LogP contribution < -0.4 is 5.32 Å². The third-order valence-corrected chi connectivity index (χ3v) is 13.8. The first kappa shape index (κ1) is 36.1. The molecule has 0 bridgehead atoms. The lowest BCUT2D eigenvalue weighted by Crippen LogP contribution is -2.47. The molecule has 0 radical (unpaired) electrons. The van der Waals surface area contributed by atoms with Gasteiger partial charge in [-0.3, -0.25) is 4.79 Å². The number of methoxy groups -OCH3 is 1. The molecule has 1 aromatic rings. The van der Waals surface area contributed by atoms with Gasteiger partial charge in [0.15, 0.2) is 14.0 Å². The van der Waals surface area contributed by atoms with Gasteiger partial charge in [-0.25, -0.2) is 9.78 Å². The smallest absolute Gasteiger partial charge is 0.357 e. The first-order valence-electron chi connectivity index (χ1n) is 14.7. The Morgan fingerprint density at radius 2 is 1.85 bits per heavy atom. The minimum Gasteiger partial charge on any atom is -0.464 e. The lowest BCUT2D eigenvalue weighted by atomic mass is 9.84. The van der Waals surface area contributed by atoms with Crippen LogP contribution >= 0.6 is 11.3 Å². The lowest BCUT2D eigenvalue weighted by molar-refractivity contribution is -0.128. The van der Waals surface area contributed by atoms with Crippen LogP contribution in [0, 0.1) is 17.8 Å². The van der Waals surface area contributed by atoms with Crippen molar-refractivity contribution >= 4 is 31.5 Å². The van der Waals surface area contributed by atoms with Crippen molar-refractivity contribution in [3.63, 3.8) is 0 Å². The molecule has 5 unspecified atom stereocenters. The molecule has 0 spiro atoms. The van der Waals surface area contributed by atoms with Crippen molar-refractivity contribution in [3.8, 4) is 0 Å². The first-order chi connectivity index (χ1) is 18.6. The average molecular weight is 596 g/mol. The molecular formula is C29H53N5O4SSi. The molecule has 40 heavy (non-hydrogen) atoms. The van der Waals surface area contributed by atoms with E-state index in [1.165, 1.54) is 18.4 Å². The number of azide groups is 1. The van der Waals surface area contributed by atoms with Crippen molar-refractivity contribution in [1.29, 1.82) is 0 Å². The van der Waals surface area contributed by atoms with E-state index in [-0.39, 0.29) is 52.6 Å². The molecule has 1 aromatic heterocycles. The van der Waals surface area contributed by atoms with Gasteiger partial charge in [0.05, 0.1) is 13.2 Å². The summed E-state index contributed by atoms with van der Waals surface area (Å²) in [5.41, 5.74) is 9.39. The molecule has 0 saturated carbocycles. The molecule has 1 rings (SSSR count). The summed E-state index contributed by atoms with van der Waals surface area (Å²) in [6.45, 7) is 21.4. The molecule has 5 atom stereocenters. The maximum atomic E-state index is 13.8. The number of carbonyl (C=O) groups excluding carboxylic acids is 2. The van der Waals surface area contributed by atoms with Crippen LogP contribution in [0.15, 0.2) is 10.5 Å². The van der Waals surface area contributed by atoms with Crippen LogP contribution in [-0.2, 0) is 14.0 Å². The summed E-state index contributed by atoms with van der Waals surface area (Å²) in [6, 6.07) is -0.373. The van der Waals surface area contributed by atoms with Gasteiger partial charge in [-0.1, -0.05) is 79.8 Å². The van der Waals surface area contributed by atoms with E-state index < -0.39 is 14.3 Å². The summed E-state index contributed by atoms with van der Waals surface area (Å²) < 4.78 is 11.8. The zero-order valence-corrected chi connectivity index (χ0v) is 28.4. The largest absolute Gasteiger partial charge is 0.464 e. The normalized spacial score (nSPS) is 16.0. The van der Waals surface area contributed by atoms with Crippen molar-refractivity contribution in [2.24, 2.45) is 22.9 Å². The first-order valence-corrected chi connectivity index (χ1v) is 18.5. The number of amides is 1. The molecule has 1 amide bonds. The average Bonchev–Trinajstić information content (AvgIpc) is 3.37. The van der Waals surface area contributed by atoms with Gasteiger partial charge in [-0.05, 0) is 54.8 Å². The van der Waals surface area contributed by atoms with E-state index in [2.05, 4.69) is 88.8 Å². The van der Waals surface area contributed by atoms with Crippen LogP contribution in [0.3, 0.4) is 0 Å². The van der Waals surface area contributed by atoms with Crippen molar-refractivity contribution in [1.82, 2.24) is 10.3 Å². The Labute approximate surface area is 247 Å². The van der Waals surface area contributed by atoms with Gasteiger partial charge in [0.25, 0.3) is 0 Å². The van der Waals surface area contributed by atoms with E-state index in [1.54, 1.807) is 5.38 Å². The number of aromatic nitrogens is 1. The molecule has 0 saturated heterocycles. The Hall–Kier alpha value is -1.94. The van der Waals surface area contributed by atoms with Crippen molar-refractivity contribution in [2.45, 2.75) is 130 Å². The lowest BCUT2D eigenvalue weighted by Gasteiger charge is -2.40. The Bertz CT molecular complexity index is 987. The van der Waals surface area contributed by atoms with E-state index in [0.29, 0.717) is 17.8 Å². The predicted octanol–water partition coefficient (Wildman–Crippen LogP) is 8.45. The van der Waals surface area contributed by atoms with E-state index in [1.807, 2.05) is 0 Å².